The largest absolute Gasteiger partial charge is 0.492 e. The Morgan fingerprint density at radius 2 is 1.36 bits per heavy atom. The van der Waals surface area contributed by atoms with Crippen LogP contribution in [0.3, 0.4) is 0 Å². The van der Waals surface area contributed by atoms with Crippen LogP contribution in [-0.2, 0) is 10.0 Å². The highest BCUT2D eigenvalue weighted by Crippen LogP contribution is 2.19. The summed E-state index contributed by atoms with van der Waals surface area (Å²) in [6.07, 6.45) is 0. The molecule has 0 amide bonds. The molecule has 0 saturated heterocycles. The Morgan fingerprint density at radius 3 is 1.86 bits per heavy atom. The Hall–Kier alpha value is -2.68. The van der Waals surface area contributed by atoms with E-state index in [0.29, 0.717) is 23.9 Å². The minimum atomic E-state index is -3.61. The molecule has 0 atom stereocenters. The minimum absolute atomic E-state index is 0.237. The third-order valence-corrected chi connectivity index (χ3v) is 6.23. The van der Waals surface area contributed by atoms with Crippen LogP contribution in [0, 0.1) is 25.7 Å². The van der Waals surface area contributed by atoms with Gasteiger partial charge in [-0.3, -0.25) is 0 Å². The Kier molecular flexibility index (Phi) is 6.13. The van der Waals surface area contributed by atoms with E-state index in [1.165, 1.54) is 3.97 Å². The topological polar surface area (TPSA) is 48.3 Å². The lowest BCUT2D eigenvalue weighted by Crippen LogP contribution is -2.15. The molecule has 0 aliphatic carbocycles. The van der Waals surface area contributed by atoms with Crippen molar-refractivity contribution in [2.45, 2.75) is 18.7 Å². The first-order chi connectivity index (χ1) is 13.4. The zero-order valence-corrected chi connectivity index (χ0v) is 17.2. The molecule has 6 heteroatoms. The zero-order chi connectivity index (χ0) is 20.1. The number of ether oxygens (including phenoxy) is 1. The summed E-state index contributed by atoms with van der Waals surface area (Å²) in [6.45, 7) is 4.01. The van der Waals surface area contributed by atoms with Crippen LogP contribution in [0.15, 0.2) is 65.6 Å². The molecule has 1 heterocycles. The van der Waals surface area contributed by atoms with Gasteiger partial charge in [0.1, 0.15) is 12.4 Å². The van der Waals surface area contributed by atoms with E-state index in [0.717, 1.165) is 16.9 Å². The highest BCUT2D eigenvalue weighted by atomic mass is 35.5. The van der Waals surface area contributed by atoms with Crippen LogP contribution in [0.5, 0.6) is 5.75 Å². The summed E-state index contributed by atoms with van der Waals surface area (Å²) in [4.78, 5) is 0.237. The lowest BCUT2D eigenvalue weighted by atomic mass is 10.2. The van der Waals surface area contributed by atoms with Crippen LogP contribution >= 0.6 is 11.6 Å². The van der Waals surface area contributed by atoms with Crippen LogP contribution in [0.2, 0.25) is 0 Å². The predicted octanol–water partition coefficient (Wildman–Crippen LogP) is 4.36. The Morgan fingerprint density at radius 1 is 0.857 bits per heavy atom. The highest BCUT2D eigenvalue weighted by molar-refractivity contribution is 7.90. The number of aromatic nitrogens is 1. The third kappa shape index (κ3) is 4.41. The van der Waals surface area contributed by atoms with Gasteiger partial charge in [0.25, 0.3) is 10.0 Å². The number of hydrogen-bond acceptors (Lipinski definition) is 3. The van der Waals surface area contributed by atoms with Crippen molar-refractivity contribution in [3.63, 3.8) is 0 Å². The third-order valence-electron chi connectivity index (χ3n) is 4.15. The number of rotatable bonds is 5. The fourth-order valence-corrected chi connectivity index (χ4v) is 4.43. The maximum Gasteiger partial charge on any atom is 0.268 e. The predicted molar refractivity (Wildman–Crippen MR) is 112 cm³/mol. The normalized spacial score (nSPS) is 11.0. The van der Waals surface area contributed by atoms with E-state index in [2.05, 4.69) is 11.8 Å². The first-order valence-electron chi connectivity index (χ1n) is 8.73. The molecule has 0 N–H and O–H groups in total. The summed E-state index contributed by atoms with van der Waals surface area (Å²) in [5.41, 5.74) is 2.94. The molecular weight excluding hydrogens is 394 g/mol. The van der Waals surface area contributed by atoms with Gasteiger partial charge < -0.3 is 4.74 Å². The number of hydrogen-bond donors (Lipinski definition) is 0. The molecule has 1 aromatic heterocycles. The Labute approximate surface area is 170 Å². The van der Waals surface area contributed by atoms with E-state index >= 15 is 0 Å². The number of halogens is 1. The van der Waals surface area contributed by atoms with Gasteiger partial charge in [0.15, 0.2) is 0 Å². The number of nitrogens with zero attached hydrogens (tertiary/aromatic N) is 1. The molecule has 3 aromatic rings. The summed E-state index contributed by atoms with van der Waals surface area (Å²) in [7, 11) is -3.61. The number of aryl methyl sites for hydroxylation is 2. The molecule has 0 radical (unpaired) electrons. The quantitative estimate of drug-likeness (QED) is 0.461. The van der Waals surface area contributed by atoms with Crippen molar-refractivity contribution < 1.29 is 13.2 Å². The van der Waals surface area contributed by atoms with Crippen molar-refractivity contribution in [2.75, 3.05) is 12.5 Å². The molecule has 2 aromatic carbocycles. The molecule has 0 saturated carbocycles. The lowest BCUT2D eigenvalue weighted by molar-refractivity contribution is 0.343. The smallest absolute Gasteiger partial charge is 0.268 e. The molecule has 0 bridgehead atoms. The van der Waals surface area contributed by atoms with Crippen molar-refractivity contribution in [1.82, 2.24) is 3.97 Å². The van der Waals surface area contributed by atoms with Gasteiger partial charge >= 0.3 is 0 Å². The van der Waals surface area contributed by atoms with E-state index in [9.17, 15) is 8.42 Å². The van der Waals surface area contributed by atoms with E-state index in [-0.39, 0.29) is 4.90 Å². The fourth-order valence-electron chi connectivity index (χ4n) is 2.78. The van der Waals surface area contributed by atoms with Gasteiger partial charge in [0.2, 0.25) is 0 Å². The van der Waals surface area contributed by atoms with E-state index in [4.69, 9.17) is 16.3 Å². The van der Waals surface area contributed by atoms with Crippen LogP contribution in [0.4, 0.5) is 0 Å². The van der Waals surface area contributed by atoms with Crippen LogP contribution in [0.1, 0.15) is 22.5 Å². The summed E-state index contributed by atoms with van der Waals surface area (Å²) < 4.78 is 32.5. The monoisotopic (exact) mass is 413 g/mol. The molecule has 3 rings (SSSR count). The summed E-state index contributed by atoms with van der Waals surface area (Å²) in [5, 5.41) is 0. The molecule has 0 unspecified atom stereocenters. The average molecular weight is 414 g/mol. The van der Waals surface area contributed by atoms with Gasteiger partial charge in [-0.15, -0.1) is 11.6 Å². The summed E-state index contributed by atoms with van der Waals surface area (Å²) in [6, 6.07) is 17.6. The Balaban J connectivity index is 1.78. The second-order valence-corrected chi connectivity index (χ2v) is 8.39. The molecule has 144 valence electrons. The lowest BCUT2D eigenvalue weighted by Gasteiger charge is -2.10. The maximum atomic E-state index is 12.8. The molecule has 0 aliphatic rings. The van der Waals surface area contributed by atoms with Gasteiger partial charge in [-0.1, -0.05) is 11.8 Å². The second kappa shape index (κ2) is 8.55. The second-order valence-electron chi connectivity index (χ2n) is 6.22. The summed E-state index contributed by atoms with van der Waals surface area (Å²) >= 11 is 5.60. The van der Waals surface area contributed by atoms with E-state index in [1.54, 1.807) is 50.2 Å². The number of benzene rings is 2. The van der Waals surface area contributed by atoms with Crippen molar-refractivity contribution in [1.29, 1.82) is 0 Å². The number of alkyl halides is 1. The van der Waals surface area contributed by atoms with Crippen molar-refractivity contribution in [2.24, 2.45) is 0 Å². The van der Waals surface area contributed by atoms with Crippen molar-refractivity contribution in [3.05, 3.63) is 83.2 Å². The first-order valence-corrected chi connectivity index (χ1v) is 10.7. The molecular formula is C22H20ClNO3S. The average Bonchev–Trinajstić information content (AvgIpc) is 3.04. The SMILES string of the molecule is Cc1ccc(C)n1S(=O)(=O)c1ccc(C#Cc2ccc(OCCCl)cc2)cc1. The molecule has 4 nitrogen and oxygen atoms in total. The van der Waals surface area contributed by atoms with Crippen LogP contribution < -0.4 is 4.74 Å². The summed E-state index contributed by atoms with van der Waals surface area (Å²) in [5.74, 6) is 7.30. The van der Waals surface area contributed by atoms with Crippen molar-refractivity contribution >= 4 is 21.6 Å². The first kappa shape index (κ1) is 20.1. The highest BCUT2D eigenvalue weighted by Gasteiger charge is 2.19. The van der Waals surface area contributed by atoms with Gasteiger partial charge in [0, 0.05) is 22.5 Å². The van der Waals surface area contributed by atoms with Gasteiger partial charge in [-0.05, 0) is 74.5 Å². The molecule has 0 fully saturated rings. The minimum Gasteiger partial charge on any atom is -0.492 e. The van der Waals surface area contributed by atoms with E-state index < -0.39 is 10.0 Å². The molecule has 0 aliphatic heterocycles. The standard InChI is InChI=1S/C22H20ClNO3S/c1-17-3-4-18(2)24(17)28(25,26)22-13-9-20(10-14-22)6-5-19-7-11-21(12-8-19)27-16-15-23/h3-4,7-14H,15-16H2,1-2H3. The fraction of sp³-hybridized carbons (Fsp3) is 0.182. The zero-order valence-electron chi connectivity index (χ0n) is 15.6. The van der Waals surface area contributed by atoms with Crippen molar-refractivity contribution in [3.8, 4) is 17.6 Å². The maximum absolute atomic E-state index is 12.8. The molecule has 28 heavy (non-hydrogen) atoms. The molecule has 0 spiro atoms. The van der Waals surface area contributed by atoms with E-state index in [1.807, 2.05) is 24.3 Å². The van der Waals surface area contributed by atoms with Crippen LogP contribution in [-0.4, -0.2) is 24.9 Å². The van der Waals surface area contributed by atoms with Gasteiger partial charge in [-0.2, -0.15) is 0 Å². The Bertz CT molecular complexity index is 1100. The van der Waals surface area contributed by atoms with Crippen LogP contribution in [0.25, 0.3) is 0 Å². The van der Waals surface area contributed by atoms with Gasteiger partial charge in [-0.25, -0.2) is 12.4 Å². The van der Waals surface area contributed by atoms with Gasteiger partial charge in [0.05, 0.1) is 10.8 Å².